The Kier molecular flexibility index (Phi) is 4.71. The van der Waals surface area contributed by atoms with Crippen LogP contribution >= 0.6 is 0 Å². The number of terminal acetylenes is 1. The summed E-state index contributed by atoms with van der Waals surface area (Å²) in [6.45, 7) is 1.96. The molecule has 1 aromatic rings. The van der Waals surface area contributed by atoms with Gasteiger partial charge in [-0.25, -0.2) is 0 Å². The largest absolute Gasteiger partial charge is 0.399 e. The van der Waals surface area contributed by atoms with Crippen LogP contribution in [0.3, 0.4) is 0 Å². The third-order valence-corrected chi connectivity index (χ3v) is 3.53. The summed E-state index contributed by atoms with van der Waals surface area (Å²) < 4.78 is 0. The van der Waals surface area contributed by atoms with Gasteiger partial charge in [-0.05, 0) is 30.5 Å². The molecule has 0 bridgehead atoms. The van der Waals surface area contributed by atoms with Gasteiger partial charge in [0.25, 0.3) is 0 Å². The molecule has 100 valence electrons. The minimum atomic E-state index is -0.582. The Morgan fingerprint density at radius 1 is 1.26 bits per heavy atom. The molecule has 1 aliphatic rings. The van der Waals surface area contributed by atoms with E-state index in [9.17, 15) is 9.59 Å². The van der Waals surface area contributed by atoms with Crippen LogP contribution in [-0.4, -0.2) is 11.8 Å². The van der Waals surface area contributed by atoms with E-state index in [1.54, 1.807) is 12.1 Å². The molecule has 4 heteroatoms. The average molecular weight is 258 g/mol. The molecule has 0 saturated carbocycles. The molecule has 0 spiro atoms. The highest BCUT2D eigenvalue weighted by Crippen LogP contribution is 2.35. The van der Waals surface area contributed by atoms with Crippen LogP contribution in [0.25, 0.3) is 0 Å². The summed E-state index contributed by atoms with van der Waals surface area (Å²) in [5.74, 6) is -0.379. The first-order valence-corrected chi connectivity index (χ1v) is 6.12. The Morgan fingerprint density at radius 2 is 1.84 bits per heavy atom. The molecule has 2 amide bonds. The zero-order valence-electron chi connectivity index (χ0n) is 11.0. The Labute approximate surface area is 113 Å². The predicted molar refractivity (Wildman–Crippen MR) is 75.1 cm³/mol. The lowest BCUT2D eigenvalue weighted by atomic mass is 9.72. The highest BCUT2D eigenvalue weighted by atomic mass is 16.2. The fourth-order valence-electron chi connectivity index (χ4n) is 2.37. The summed E-state index contributed by atoms with van der Waals surface area (Å²) in [7, 11) is 0. The van der Waals surface area contributed by atoms with Crippen LogP contribution in [0.5, 0.6) is 0 Å². The zero-order valence-corrected chi connectivity index (χ0v) is 11.0. The fourth-order valence-corrected chi connectivity index (χ4v) is 2.37. The predicted octanol–water partition coefficient (Wildman–Crippen LogP) is 1.60. The Hall–Kier alpha value is -2.28. The number of amides is 2. The van der Waals surface area contributed by atoms with Gasteiger partial charge < -0.3 is 5.73 Å². The zero-order chi connectivity index (χ0) is 14.5. The first kappa shape index (κ1) is 14.8. The minimum absolute atomic E-state index is 0.186. The summed E-state index contributed by atoms with van der Waals surface area (Å²) in [4.78, 5) is 23.3. The molecule has 19 heavy (non-hydrogen) atoms. The van der Waals surface area contributed by atoms with Crippen LogP contribution in [0.4, 0.5) is 5.69 Å². The van der Waals surface area contributed by atoms with E-state index in [0.717, 1.165) is 5.56 Å². The highest BCUT2D eigenvalue weighted by Gasteiger charge is 2.42. The average Bonchev–Trinajstić information content (AvgIpc) is 2.43. The molecule has 0 aliphatic carbocycles. The Morgan fingerprint density at radius 3 is 2.32 bits per heavy atom. The van der Waals surface area contributed by atoms with Crippen molar-refractivity contribution in [2.45, 2.75) is 31.6 Å². The topological polar surface area (TPSA) is 72.2 Å². The maximum Gasteiger partial charge on any atom is 0.237 e. The molecule has 0 aromatic heterocycles. The van der Waals surface area contributed by atoms with Crippen LogP contribution < -0.4 is 11.1 Å². The third-order valence-electron chi connectivity index (χ3n) is 3.53. The number of piperidine rings is 1. The number of nitrogen functional groups attached to an aromatic ring is 1. The number of hydrogen-bond acceptors (Lipinski definition) is 3. The van der Waals surface area contributed by atoms with Crippen molar-refractivity contribution in [3.05, 3.63) is 29.8 Å². The lowest BCUT2D eigenvalue weighted by Gasteiger charge is -2.34. The van der Waals surface area contributed by atoms with Gasteiger partial charge in [-0.3, -0.25) is 14.9 Å². The maximum absolute atomic E-state index is 12.1. The maximum atomic E-state index is 12.1. The van der Waals surface area contributed by atoms with Crippen LogP contribution in [-0.2, 0) is 15.0 Å². The van der Waals surface area contributed by atoms with Gasteiger partial charge >= 0.3 is 0 Å². The van der Waals surface area contributed by atoms with Crippen LogP contribution in [0.15, 0.2) is 24.3 Å². The SMILES string of the molecule is C#C.CCC1(c2ccc(N)cc2)CCC(=O)NC1=O. The summed E-state index contributed by atoms with van der Waals surface area (Å²) >= 11 is 0. The van der Waals surface area contributed by atoms with Crippen molar-refractivity contribution in [2.24, 2.45) is 0 Å². The first-order chi connectivity index (χ1) is 9.08. The van der Waals surface area contributed by atoms with E-state index in [2.05, 4.69) is 18.2 Å². The molecule has 0 radical (unpaired) electrons. The van der Waals surface area contributed by atoms with Crippen LogP contribution in [0, 0.1) is 12.8 Å². The fraction of sp³-hybridized carbons (Fsp3) is 0.333. The quantitative estimate of drug-likeness (QED) is 0.481. The highest BCUT2D eigenvalue weighted by molar-refractivity contribution is 6.03. The van der Waals surface area contributed by atoms with Gasteiger partial charge in [-0.1, -0.05) is 19.1 Å². The molecule has 2 rings (SSSR count). The molecule has 3 N–H and O–H groups in total. The van der Waals surface area contributed by atoms with Crippen molar-refractivity contribution in [3.63, 3.8) is 0 Å². The molecule has 4 nitrogen and oxygen atoms in total. The van der Waals surface area contributed by atoms with Crippen molar-refractivity contribution in [2.75, 3.05) is 5.73 Å². The van der Waals surface area contributed by atoms with E-state index in [-0.39, 0.29) is 11.8 Å². The van der Waals surface area contributed by atoms with E-state index >= 15 is 0 Å². The number of rotatable bonds is 2. The van der Waals surface area contributed by atoms with E-state index in [1.807, 2.05) is 19.1 Å². The second-order valence-corrected chi connectivity index (χ2v) is 4.43. The second kappa shape index (κ2) is 6.05. The summed E-state index contributed by atoms with van der Waals surface area (Å²) in [5, 5.41) is 2.43. The molecule has 1 aliphatic heterocycles. The van der Waals surface area contributed by atoms with Crippen molar-refractivity contribution in [3.8, 4) is 12.8 Å². The van der Waals surface area contributed by atoms with Crippen LogP contribution in [0.1, 0.15) is 31.7 Å². The smallest absolute Gasteiger partial charge is 0.237 e. The summed E-state index contributed by atoms with van der Waals surface area (Å²) in [6.07, 6.45) is 9.64. The minimum Gasteiger partial charge on any atom is -0.399 e. The van der Waals surface area contributed by atoms with E-state index in [1.165, 1.54) is 0 Å². The Bertz CT molecular complexity index is 491. The van der Waals surface area contributed by atoms with Crippen molar-refractivity contribution < 1.29 is 9.59 Å². The molecule has 1 unspecified atom stereocenters. The Balaban J connectivity index is 0.000000861. The van der Waals surface area contributed by atoms with Gasteiger partial charge in [0.2, 0.25) is 11.8 Å². The number of benzene rings is 1. The van der Waals surface area contributed by atoms with Gasteiger partial charge in [0.15, 0.2) is 0 Å². The first-order valence-electron chi connectivity index (χ1n) is 6.12. The number of anilines is 1. The van der Waals surface area contributed by atoms with Gasteiger partial charge in [0.1, 0.15) is 0 Å². The summed E-state index contributed by atoms with van der Waals surface area (Å²) in [5.41, 5.74) is 6.66. The van der Waals surface area contributed by atoms with Gasteiger partial charge in [0, 0.05) is 12.1 Å². The lowest BCUT2D eigenvalue weighted by molar-refractivity contribution is -0.138. The third kappa shape index (κ3) is 2.76. The molecule has 1 aromatic carbocycles. The number of carbonyl (C=O) groups is 2. The molecular weight excluding hydrogens is 240 g/mol. The molecule has 1 saturated heterocycles. The lowest BCUT2D eigenvalue weighted by Crippen LogP contribution is -2.51. The molecule has 1 heterocycles. The number of carbonyl (C=O) groups excluding carboxylic acids is 2. The van der Waals surface area contributed by atoms with E-state index < -0.39 is 5.41 Å². The molecular formula is C15H18N2O2. The number of imide groups is 1. The van der Waals surface area contributed by atoms with Crippen molar-refractivity contribution in [1.29, 1.82) is 0 Å². The monoisotopic (exact) mass is 258 g/mol. The van der Waals surface area contributed by atoms with Gasteiger partial charge in [-0.15, -0.1) is 12.8 Å². The molecule has 1 fully saturated rings. The van der Waals surface area contributed by atoms with Gasteiger partial charge in [-0.2, -0.15) is 0 Å². The summed E-state index contributed by atoms with van der Waals surface area (Å²) in [6, 6.07) is 7.31. The number of nitrogens with two attached hydrogens (primary N) is 1. The molecule has 1 atom stereocenters. The number of nitrogens with one attached hydrogen (secondary N) is 1. The van der Waals surface area contributed by atoms with Crippen molar-refractivity contribution in [1.82, 2.24) is 5.32 Å². The van der Waals surface area contributed by atoms with Gasteiger partial charge in [0.05, 0.1) is 5.41 Å². The standard InChI is InChI=1S/C13H16N2O2.C2H2/c1-2-13(8-7-11(16)15-12(13)17)9-3-5-10(14)6-4-9;1-2/h3-6H,2,7-8,14H2,1H3,(H,15,16,17);1-2H. The van der Waals surface area contributed by atoms with E-state index in [4.69, 9.17) is 5.73 Å². The van der Waals surface area contributed by atoms with E-state index in [0.29, 0.717) is 24.9 Å². The van der Waals surface area contributed by atoms with Crippen molar-refractivity contribution >= 4 is 17.5 Å². The second-order valence-electron chi connectivity index (χ2n) is 4.43. The number of hydrogen-bond donors (Lipinski definition) is 2. The van der Waals surface area contributed by atoms with Crippen LogP contribution in [0.2, 0.25) is 0 Å². The normalized spacial score (nSPS) is 22.1.